The van der Waals surface area contributed by atoms with E-state index < -0.39 is 0 Å². The third-order valence-corrected chi connectivity index (χ3v) is 6.67. The quantitative estimate of drug-likeness (QED) is 0.496. The molecule has 3 N–H and O–H groups in total. The smallest absolute Gasteiger partial charge is 0.271 e. The molecule has 4 bridgehead atoms. The van der Waals surface area contributed by atoms with E-state index in [9.17, 15) is 14.4 Å². The van der Waals surface area contributed by atoms with Crippen molar-refractivity contribution in [3.63, 3.8) is 0 Å². The first-order valence-corrected chi connectivity index (χ1v) is 10.8. The van der Waals surface area contributed by atoms with E-state index in [0.717, 1.165) is 37.0 Å². The van der Waals surface area contributed by atoms with E-state index in [1.807, 2.05) is 0 Å². The Kier molecular flexibility index (Phi) is 5.62. The largest absolute Gasteiger partial charge is 0.350 e. The number of rotatable bonds is 6. The Balaban J connectivity index is 1.28. The monoisotopic (exact) mass is 410 g/mol. The summed E-state index contributed by atoms with van der Waals surface area (Å²) in [5, 5.41) is 10.1. The summed E-state index contributed by atoms with van der Waals surface area (Å²) in [5.74, 6) is 1.81. The molecule has 1 aromatic carbocycles. The molecule has 7 heteroatoms. The molecule has 3 amide bonds. The van der Waals surface area contributed by atoms with Crippen molar-refractivity contribution in [1.29, 1.82) is 0 Å². The number of carbonyl (C=O) groups is 3. The van der Waals surface area contributed by atoms with E-state index in [0.29, 0.717) is 17.0 Å². The minimum Gasteiger partial charge on any atom is -0.350 e. The molecule has 4 saturated carbocycles. The highest BCUT2D eigenvalue weighted by Crippen LogP contribution is 2.55. The molecule has 5 rings (SSSR count). The minimum absolute atomic E-state index is 0.00731. The van der Waals surface area contributed by atoms with Gasteiger partial charge in [0.2, 0.25) is 11.8 Å². The molecule has 0 aliphatic heterocycles. The van der Waals surface area contributed by atoms with E-state index in [4.69, 9.17) is 0 Å². The Morgan fingerprint density at radius 1 is 0.967 bits per heavy atom. The summed E-state index contributed by atoms with van der Waals surface area (Å²) in [5.41, 5.74) is 4.12. The van der Waals surface area contributed by atoms with Crippen LogP contribution in [-0.2, 0) is 9.59 Å². The van der Waals surface area contributed by atoms with Crippen molar-refractivity contribution in [2.24, 2.45) is 22.9 Å². The third kappa shape index (κ3) is 4.71. The molecule has 0 atom stereocenters. The topological polar surface area (TPSA) is 99.7 Å². The normalized spacial score (nSPS) is 29.4. The van der Waals surface area contributed by atoms with E-state index in [1.165, 1.54) is 26.2 Å². The third-order valence-electron chi connectivity index (χ3n) is 6.67. The maximum absolute atomic E-state index is 12.6. The van der Waals surface area contributed by atoms with Crippen LogP contribution in [0.2, 0.25) is 0 Å². The van der Waals surface area contributed by atoms with Gasteiger partial charge in [-0.2, -0.15) is 5.10 Å². The van der Waals surface area contributed by atoms with Gasteiger partial charge in [0, 0.05) is 29.4 Å². The molecule has 0 unspecified atom stereocenters. The van der Waals surface area contributed by atoms with Crippen molar-refractivity contribution >= 4 is 29.1 Å². The highest BCUT2D eigenvalue weighted by Gasteiger charge is 2.51. The second-order valence-corrected chi connectivity index (χ2v) is 9.47. The van der Waals surface area contributed by atoms with Gasteiger partial charge in [-0.15, -0.1) is 0 Å². The Hall–Kier alpha value is -2.70. The standard InChI is InChI=1S/C23H30N4O3/c1-14(26-27-22(30)19-3-5-20(6-4-19)24-15(2)28)7-21(29)25-23-11-16-8-17(12-23)10-18(9-16)13-23/h3-6,16-18H,7-13H2,1-2H3,(H,24,28)(H,25,29)(H,27,30)/b26-14+. The maximum atomic E-state index is 12.6. The molecule has 0 heterocycles. The van der Waals surface area contributed by atoms with E-state index >= 15 is 0 Å². The van der Waals surface area contributed by atoms with Crippen LogP contribution in [0.25, 0.3) is 0 Å². The second-order valence-electron chi connectivity index (χ2n) is 9.47. The summed E-state index contributed by atoms with van der Waals surface area (Å²) in [7, 11) is 0. The van der Waals surface area contributed by atoms with E-state index in [1.54, 1.807) is 31.2 Å². The van der Waals surface area contributed by atoms with Crippen molar-refractivity contribution < 1.29 is 14.4 Å². The lowest BCUT2D eigenvalue weighted by atomic mass is 9.53. The lowest BCUT2D eigenvalue weighted by molar-refractivity contribution is -0.125. The van der Waals surface area contributed by atoms with Gasteiger partial charge in [0.25, 0.3) is 5.91 Å². The zero-order chi connectivity index (χ0) is 21.3. The highest BCUT2D eigenvalue weighted by atomic mass is 16.2. The van der Waals surface area contributed by atoms with Gasteiger partial charge in [-0.25, -0.2) is 5.43 Å². The molecular formula is C23H30N4O3. The fourth-order valence-electron chi connectivity index (χ4n) is 5.99. The molecule has 160 valence electrons. The minimum atomic E-state index is -0.356. The molecule has 30 heavy (non-hydrogen) atoms. The van der Waals surface area contributed by atoms with E-state index in [-0.39, 0.29) is 29.7 Å². The van der Waals surface area contributed by atoms with Crippen LogP contribution in [0, 0.1) is 17.8 Å². The first-order valence-electron chi connectivity index (χ1n) is 10.8. The number of hydrogen-bond donors (Lipinski definition) is 3. The number of carbonyl (C=O) groups excluding carboxylic acids is 3. The Morgan fingerprint density at radius 2 is 1.53 bits per heavy atom. The van der Waals surface area contributed by atoms with E-state index in [2.05, 4.69) is 21.2 Å². The van der Waals surface area contributed by atoms with Crippen LogP contribution in [0.3, 0.4) is 0 Å². The van der Waals surface area contributed by atoms with Gasteiger partial charge < -0.3 is 10.6 Å². The second kappa shape index (κ2) is 8.20. The van der Waals surface area contributed by atoms with Crippen molar-refractivity contribution in [3.8, 4) is 0 Å². The van der Waals surface area contributed by atoms with Gasteiger partial charge in [0.05, 0.1) is 6.42 Å². The Morgan fingerprint density at radius 3 is 2.07 bits per heavy atom. The van der Waals surface area contributed by atoms with Gasteiger partial charge in [-0.3, -0.25) is 14.4 Å². The van der Waals surface area contributed by atoms with Crippen LogP contribution in [0.15, 0.2) is 29.4 Å². The predicted molar refractivity (Wildman–Crippen MR) is 115 cm³/mol. The number of hydrazone groups is 1. The molecule has 0 spiro atoms. The Labute approximate surface area is 177 Å². The van der Waals surface area contributed by atoms with Crippen LogP contribution < -0.4 is 16.1 Å². The molecule has 1 aromatic rings. The van der Waals surface area contributed by atoms with Crippen molar-refractivity contribution in [2.45, 2.75) is 64.3 Å². The molecule has 0 radical (unpaired) electrons. The summed E-state index contributed by atoms with van der Waals surface area (Å²) in [6.45, 7) is 3.18. The number of benzene rings is 1. The number of hydrogen-bond acceptors (Lipinski definition) is 4. The summed E-state index contributed by atoms with van der Waals surface area (Å²) in [6, 6.07) is 6.55. The van der Waals surface area contributed by atoms with Crippen LogP contribution in [0.1, 0.15) is 69.2 Å². The maximum Gasteiger partial charge on any atom is 0.271 e. The molecule has 4 aliphatic rings. The summed E-state index contributed by atoms with van der Waals surface area (Å²) in [4.78, 5) is 36.0. The van der Waals surface area contributed by atoms with Crippen molar-refractivity contribution in [1.82, 2.24) is 10.7 Å². The number of anilines is 1. The highest BCUT2D eigenvalue weighted by molar-refractivity contribution is 6.01. The van der Waals surface area contributed by atoms with Crippen molar-refractivity contribution in [2.75, 3.05) is 5.32 Å². The lowest BCUT2D eigenvalue weighted by Crippen LogP contribution is -2.60. The zero-order valence-electron chi connectivity index (χ0n) is 17.7. The predicted octanol–water partition coefficient (Wildman–Crippen LogP) is 3.23. The van der Waals surface area contributed by atoms with Gasteiger partial charge >= 0.3 is 0 Å². The molecule has 0 saturated heterocycles. The number of nitrogens with zero attached hydrogens (tertiary/aromatic N) is 1. The SMILES string of the molecule is CC(=O)Nc1ccc(C(=O)N/N=C(\C)CC(=O)NC23CC4CC(CC(C4)C2)C3)cc1. The average Bonchev–Trinajstić information content (AvgIpc) is 2.64. The first kappa shape index (κ1) is 20.6. The summed E-state index contributed by atoms with van der Waals surface area (Å²) >= 11 is 0. The number of nitrogens with one attached hydrogen (secondary N) is 3. The van der Waals surface area contributed by atoms with Gasteiger partial charge in [-0.05, 0) is 87.5 Å². The van der Waals surface area contributed by atoms with Gasteiger partial charge in [0.1, 0.15) is 0 Å². The molecular weight excluding hydrogens is 380 g/mol. The fraction of sp³-hybridized carbons (Fsp3) is 0.565. The number of amides is 3. The Bertz CT molecular complexity index is 840. The summed E-state index contributed by atoms with van der Waals surface area (Å²) < 4.78 is 0. The van der Waals surface area contributed by atoms with Crippen LogP contribution in [0.4, 0.5) is 5.69 Å². The van der Waals surface area contributed by atoms with Gasteiger partial charge in [-0.1, -0.05) is 0 Å². The lowest BCUT2D eigenvalue weighted by Gasteiger charge is -2.56. The molecule has 7 nitrogen and oxygen atoms in total. The van der Waals surface area contributed by atoms with Gasteiger partial charge in [0.15, 0.2) is 0 Å². The fourth-order valence-corrected chi connectivity index (χ4v) is 5.99. The van der Waals surface area contributed by atoms with Crippen molar-refractivity contribution in [3.05, 3.63) is 29.8 Å². The first-order chi connectivity index (χ1) is 14.3. The molecule has 0 aromatic heterocycles. The average molecular weight is 411 g/mol. The zero-order valence-corrected chi connectivity index (χ0v) is 17.7. The van der Waals surface area contributed by atoms with Crippen LogP contribution in [-0.4, -0.2) is 29.0 Å². The molecule has 4 fully saturated rings. The molecule has 4 aliphatic carbocycles. The van der Waals surface area contributed by atoms with Crippen LogP contribution in [0.5, 0.6) is 0 Å². The summed E-state index contributed by atoms with van der Waals surface area (Å²) in [6.07, 6.45) is 7.56. The van der Waals surface area contributed by atoms with Crippen LogP contribution >= 0.6 is 0 Å².